The van der Waals surface area contributed by atoms with Crippen LogP contribution in [0.5, 0.6) is 5.75 Å². The van der Waals surface area contributed by atoms with Crippen molar-refractivity contribution in [2.45, 2.75) is 18.9 Å². The van der Waals surface area contributed by atoms with Gasteiger partial charge in [-0.3, -0.25) is 0 Å². The van der Waals surface area contributed by atoms with Gasteiger partial charge in [-0.05, 0) is 24.1 Å². The molecule has 0 spiro atoms. The van der Waals surface area contributed by atoms with E-state index in [9.17, 15) is 9.50 Å². The quantitative estimate of drug-likeness (QED) is 0.914. The highest BCUT2D eigenvalue weighted by Gasteiger charge is 2.25. The average Bonchev–Trinajstić information content (AvgIpc) is 2.42. The van der Waals surface area contributed by atoms with E-state index in [1.165, 1.54) is 7.11 Å². The van der Waals surface area contributed by atoms with Gasteiger partial charge in [0.1, 0.15) is 0 Å². The summed E-state index contributed by atoms with van der Waals surface area (Å²) in [6, 6.07) is 14.2. The maximum atomic E-state index is 14.1. The van der Waals surface area contributed by atoms with Gasteiger partial charge in [-0.25, -0.2) is 4.39 Å². The minimum absolute atomic E-state index is 0.194. The van der Waals surface area contributed by atoms with Gasteiger partial charge in [-0.2, -0.15) is 0 Å². The van der Waals surface area contributed by atoms with E-state index >= 15 is 0 Å². The molecule has 100 valence electrons. The zero-order chi connectivity index (χ0) is 13.9. The predicted molar refractivity (Wildman–Crippen MR) is 72.7 cm³/mol. The second-order valence-electron chi connectivity index (χ2n) is 4.75. The molecule has 3 heteroatoms. The van der Waals surface area contributed by atoms with Crippen LogP contribution >= 0.6 is 0 Å². The Balaban J connectivity index is 2.31. The first-order valence-corrected chi connectivity index (χ1v) is 6.14. The van der Waals surface area contributed by atoms with Crippen LogP contribution in [-0.4, -0.2) is 12.2 Å². The van der Waals surface area contributed by atoms with Gasteiger partial charge in [0.25, 0.3) is 0 Å². The first-order valence-electron chi connectivity index (χ1n) is 6.14. The van der Waals surface area contributed by atoms with Crippen LogP contribution in [0.4, 0.5) is 4.39 Å². The number of benzene rings is 2. The van der Waals surface area contributed by atoms with E-state index in [-0.39, 0.29) is 12.2 Å². The molecule has 1 N–H and O–H groups in total. The first kappa shape index (κ1) is 13.6. The summed E-state index contributed by atoms with van der Waals surface area (Å²) in [5.74, 6) is -0.220. The third-order valence-electron chi connectivity index (χ3n) is 3.19. The van der Waals surface area contributed by atoms with Crippen LogP contribution in [0.3, 0.4) is 0 Å². The molecule has 0 aliphatic carbocycles. The van der Waals surface area contributed by atoms with E-state index < -0.39 is 11.4 Å². The van der Waals surface area contributed by atoms with Crippen molar-refractivity contribution in [3.8, 4) is 5.75 Å². The molecule has 2 rings (SSSR count). The second kappa shape index (κ2) is 5.41. The Morgan fingerprint density at radius 3 is 2.42 bits per heavy atom. The van der Waals surface area contributed by atoms with E-state index in [1.807, 2.05) is 30.3 Å². The number of methoxy groups -OCH3 is 1. The molecule has 1 atom stereocenters. The molecule has 2 nitrogen and oxygen atoms in total. The molecule has 2 aromatic rings. The molecule has 0 bridgehead atoms. The summed E-state index contributed by atoms with van der Waals surface area (Å²) in [6.07, 6.45) is 0.194. The van der Waals surface area contributed by atoms with Gasteiger partial charge >= 0.3 is 0 Å². The van der Waals surface area contributed by atoms with Crippen molar-refractivity contribution >= 4 is 0 Å². The van der Waals surface area contributed by atoms with Crippen LogP contribution in [0, 0.1) is 5.82 Å². The van der Waals surface area contributed by atoms with Gasteiger partial charge in [0.15, 0.2) is 11.6 Å². The lowest BCUT2D eigenvalue weighted by Crippen LogP contribution is -2.24. The SMILES string of the molecule is COc1cccc(CC(C)(O)c2ccccc2)c1F. The molecule has 0 saturated heterocycles. The molecule has 0 fully saturated rings. The Bertz CT molecular complexity index is 550. The van der Waals surface area contributed by atoms with Crippen molar-refractivity contribution < 1.29 is 14.2 Å². The average molecular weight is 260 g/mol. The van der Waals surface area contributed by atoms with Crippen molar-refractivity contribution in [2.75, 3.05) is 7.11 Å². The van der Waals surface area contributed by atoms with Crippen molar-refractivity contribution in [1.82, 2.24) is 0 Å². The summed E-state index contributed by atoms with van der Waals surface area (Å²) in [5, 5.41) is 10.5. The lowest BCUT2D eigenvalue weighted by atomic mass is 9.89. The lowest BCUT2D eigenvalue weighted by molar-refractivity contribution is 0.0566. The molecular formula is C16H17FO2. The second-order valence-corrected chi connectivity index (χ2v) is 4.75. The number of hydrogen-bond acceptors (Lipinski definition) is 2. The van der Waals surface area contributed by atoms with Crippen molar-refractivity contribution in [2.24, 2.45) is 0 Å². The monoisotopic (exact) mass is 260 g/mol. The Labute approximate surface area is 112 Å². The van der Waals surface area contributed by atoms with Crippen LogP contribution in [0.2, 0.25) is 0 Å². The number of aliphatic hydroxyl groups is 1. The van der Waals surface area contributed by atoms with Crippen molar-refractivity contribution in [1.29, 1.82) is 0 Å². The van der Waals surface area contributed by atoms with Crippen LogP contribution in [0.1, 0.15) is 18.1 Å². The van der Waals surface area contributed by atoms with Gasteiger partial charge in [0.05, 0.1) is 12.7 Å². The third kappa shape index (κ3) is 2.93. The third-order valence-corrected chi connectivity index (χ3v) is 3.19. The van der Waals surface area contributed by atoms with Gasteiger partial charge < -0.3 is 9.84 Å². The topological polar surface area (TPSA) is 29.5 Å². The lowest BCUT2D eigenvalue weighted by Gasteiger charge is -2.24. The summed E-state index contributed by atoms with van der Waals surface area (Å²) in [4.78, 5) is 0. The first-order chi connectivity index (χ1) is 9.04. The fourth-order valence-electron chi connectivity index (χ4n) is 2.12. The molecule has 19 heavy (non-hydrogen) atoms. The van der Waals surface area contributed by atoms with Crippen LogP contribution in [0.25, 0.3) is 0 Å². The maximum Gasteiger partial charge on any atom is 0.168 e. The molecule has 1 unspecified atom stereocenters. The Morgan fingerprint density at radius 1 is 1.11 bits per heavy atom. The highest BCUT2D eigenvalue weighted by Crippen LogP contribution is 2.29. The van der Waals surface area contributed by atoms with Gasteiger partial charge in [-0.1, -0.05) is 42.5 Å². The molecule has 0 aliphatic heterocycles. The molecule has 0 aromatic heterocycles. The molecule has 0 amide bonds. The van der Waals surface area contributed by atoms with E-state index in [2.05, 4.69) is 0 Å². The molecule has 2 aromatic carbocycles. The van der Waals surface area contributed by atoms with E-state index in [4.69, 9.17) is 4.74 Å². The molecule has 0 aliphatic rings. The summed E-state index contributed by atoms with van der Waals surface area (Å²) in [7, 11) is 1.43. The zero-order valence-corrected chi connectivity index (χ0v) is 11.1. The smallest absolute Gasteiger partial charge is 0.168 e. The molecule has 0 radical (unpaired) electrons. The summed E-state index contributed by atoms with van der Waals surface area (Å²) in [6.45, 7) is 1.68. The predicted octanol–water partition coefficient (Wildman–Crippen LogP) is 3.28. The molecule has 0 heterocycles. The Hall–Kier alpha value is -1.87. The number of halogens is 1. The minimum atomic E-state index is -1.12. The normalized spacial score (nSPS) is 13.9. The fourth-order valence-corrected chi connectivity index (χ4v) is 2.12. The van der Waals surface area contributed by atoms with Crippen LogP contribution in [0.15, 0.2) is 48.5 Å². The summed E-state index contributed by atoms with van der Waals surface area (Å²) >= 11 is 0. The Morgan fingerprint density at radius 2 is 1.79 bits per heavy atom. The molecule has 0 saturated carbocycles. The van der Waals surface area contributed by atoms with Crippen molar-refractivity contribution in [3.63, 3.8) is 0 Å². The molecular weight excluding hydrogens is 243 g/mol. The van der Waals surface area contributed by atoms with Gasteiger partial charge in [0, 0.05) is 6.42 Å². The van der Waals surface area contributed by atoms with Crippen molar-refractivity contribution in [3.05, 3.63) is 65.5 Å². The summed E-state index contributed by atoms with van der Waals surface area (Å²) < 4.78 is 19.0. The van der Waals surface area contributed by atoms with Crippen LogP contribution in [-0.2, 0) is 12.0 Å². The maximum absolute atomic E-state index is 14.1. The van der Waals surface area contributed by atoms with E-state index in [1.54, 1.807) is 25.1 Å². The standard InChI is InChI=1S/C16H17FO2/c1-16(18,13-8-4-3-5-9-13)11-12-7-6-10-14(19-2)15(12)17/h3-10,18H,11H2,1-2H3. The largest absolute Gasteiger partial charge is 0.494 e. The zero-order valence-electron chi connectivity index (χ0n) is 11.1. The van der Waals surface area contributed by atoms with Gasteiger partial charge in [-0.15, -0.1) is 0 Å². The van der Waals surface area contributed by atoms with Crippen LogP contribution < -0.4 is 4.74 Å². The minimum Gasteiger partial charge on any atom is -0.494 e. The highest BCUT2D eigenvalue weighted by atomic mass is 19.1. The fraction of sp³-hybridized carbons (Fsp3) is 0.250. The number of ether oxygens (including phenoxy) is 1. The van der Waals surface area contributed by atoms with E-state index in [0.29, 0.717) is 5.56 Å². The number of hydrogen-bond donors (Lipinski definition) is 1. The van der Waals surface area contributed by atoms with Gasteiger partial charge in [0.2, 0.25) is 0 Å². The van der Waals surface area contributed by atoms with E-state index in [0.717, 1.165) is 5.56 Å². The summed E-state index contributed by atoms with van der Waals surface area (Å²) in [5.41, 5.74) is 0.0829. The Kier molecular flexibility index (Phi) is 3.86. The number of rotatable bonds is 4. The highest BCUT2D eigenvalue weighted by molar-refractivity contribution is 5.33.